The highest BCUT2D eigenvalue weighted by molar-refractivity contribution is 6.20. The fraction of sp³-hybridized carbons (Fsp3) is 0.538. The Labute approximate surface area is 106 Å². The molecule has 0 aromatic carbocycles. The SMILES string of the molecule is CCC1CC1n1c(C(C)Cl)nc2cnccc21. The number of imidazole rings is 1. The van der Waals surface area contributed by atoms with Gasteiger partial charge in [-0.3, -0.25) is 4.98 Å². The molecule has 0 saturated heterocycles. The molecule has 0 aliphatic heterocycles. The maximum absolute atomic E-state index is 6.24. The Morgan fingerprint density at radius 3 is 3.06 bits per heavy atom. The van der Waals surface area contributed by atoms with Crippen molar-refractivity contribution < 1.29 is 0 Å². The smallest absolute Gasteiger partial charge is 0.128 e. The first kappa shape index (κ1) is 11.0. The first-order valence-corrected chi connectivity index (χ1v) is 6.62. The molecule has 2 aromatic heterocycles. The molecule has 17 heavy (non-hydrogen) atoms. The Morgan fingerprint density at radius 2 is 2.41 bits per heavy atom. The summed E-state index contributed by atoms with van der Waals surface area (Å²) < 4.78 is 2.32. The van der Waals surface area contributed by atoms with Gasteiger partial charge in [-0.15, -0.1) is 11.6 Å². The molecule has 1 aliphatic carbocycles. The zero-order valence-corrected chi connectivity index (χ0v) is 10.9. The summed E-state index contributed by atoms with van der Waals surface area (Å²) in [6.07, 6.45) is 6.12. The van der Waals surface area contributed by atoms with Gasteiger partial charge in [0.25, 0.3) is 0 Å². The minimum absolute atomic E-state index is 0.0551. The van der Waals surface area contributed by atoms with Gasteiger partial charge in [0.05, 0.1) is 17.1 Å². The third-order valence-corrected chi connectivity index (χ3v) is 3.81. The lowest BCUT2D eigenvalue weighted by atomic mass is 10.3. The summed E-state index contributed by atoms with van der Waals surface area (Å²) in [6, 6.07) is 2.62. The normalized spacial score (nSPS) is 25.1. The number of alkyl halides is 1. The number of pyridine rings is 1. The van der Waals surface area contributed by atoms with Gasteiger partial charge in [0.15, 0.2) is 0 Å². The van der Waals surface area contributed by atoms with Crippen LogP contribution >= 0.6 is 11.6 Å². The largest absolute Gasteiger partial charge is 0.323 e. The number of nitrogens with zero attached hydrogens (tertiary/aromatic N) is 3. The molecule has 3 rings (SSSR count). The first-order chi connectivity index (χ1) is 8.22. The molecule has 4 heteroatoms. The van der Waals surface area contributed by atoms with E-state index in [1.165, 1.54) is 18.4 Å². The van der Waals surface area contributed by atoms with Gasteiger partial charge in [0, 0.05) is 12.2 Å². The molecule has 90 valence electrons. The van der Waals surface area contributed by atoms with Crippen molar-refractivity contribution in [2.75, 3.05) is 0 Å². The predicted octanol–water partition coefficient (Wildman–Crippen LogP) is 3.70. The molecule has 0 amide bonds. The molecule has 0 N–H and O–H groups in total. The zero-order chi connectivity index (χ0) is 12.0. The van der Waals surface area contributed by atoms with Gasteiger partial charge in [0.1, 0.15) is 11.3 Å². The highest BCUT2D eigenvalue weighted by atomic mass is 35.5. The van der Waals surface area contributed by atoms with Crippen LogP contribution in [0.5, 0.6) is 0 Å². The standard InChI is InChI=1S/C13H16ClN3/c1-3-9-6-12(9)17-11-4-5-15-7-10(11)16-13(17)8(2)14/h4-5,7-9,12H,3,6H2,1-2H3. The molecule has 2 heterocycles. The van der Waals surface area contributed by atoms with Crippen LogP contribution in [0.2, 0.25) is 0 Å². The molecular formula is C13H16ClN3. The average Bonchev–Trinajstić information content (AvgIpc) is 3.00. The van der Waals surface area contributed by atoms with Crippen molar-refractivity contribution in [3.63, 3.8) is 0 Å². The Bertz CT molecular complexity index is 547. The van der Waals surface area contributed by atoms with Crippen molar-refractivity contribution in [3.05, 3.63) is 24.3 Å². The lowest BCUT2D eigenvalue weighted by Gasteiger charge is -2.09. The van der Waals surface area contributed by atoms with Crippen LogP contribution in [0.3, 0.4) is 0 Å². The van der Waals surface area contributed by atoms with Crippen LogP contribution < -0.4 is 0 Å². The van der Waals surface area contributed by atoms with Crippen molar-refractivity contribution >= 4 is 22.6 Å². The summed E-state index contributed by atoms with van der Waals surface area (Å²) >= 11 is 6.24. The number of aromatic nitrogens is 3. The van der Waals surface area contributed by atoms with Gasteiger partial charge in [-0.05, 0) is 25.3 Å². The lowest BCUT2D eigenvalue weighted by Crippen LogP contribution is -2.03. The second-order valence-electron chi connectivity index (χ2n) is 4.79. The van der Waals surface area contributed by atoms with Crippen molar-refractivity contribution in [1.29, 1.82) is 0 Å². The number of rotatable bonds is 3. The van der Waals surface area contributed by atoms with E-state index in [4.69, 9.17) is 11.6 Å². The van der Waals surface area contributed by atoms with Gasteiger partial charge in [0.2, 0.25) is 0 Å². The fourth-order valence-electron chi connectivity index (χ4n) is 2.59. The molecular weight excluding hydrogens is 234 g/mol. The van der Waals surface area contributed by atoms with Gasteiger partial charge in [-0.2, -0.15) is 0 Å². The molecule has 0 radical (unpaired) electrons. The number of hydrogen-bond acceptors (Lipinski definition) is 2. The lowest BCUT2D eigenvalue weighted by molar-refractivity contribution is 0.624. The van der Waals surface area contributed by atoms with Gasteiger partial charge < -0.3 is 4.57 Å². The van der Waals surface area contributed by atoms with Crippen LogP contribution in [-0.2, 0) is 0 Å². The third kappa shape index (κ3) is 1.73. The number of halogens is 1. The summed E-state index contributed by atoms with van der Waals surface area (Å²) in [6.45, 7) is 4.23. The molecule has 3 unspecified atom stereocenters. The maximum atomic E-state index is 6.24. The van der Waals surface area contributed by atoms with Gasteiger partial charge in [-0.1, -0.05) is 13.3 Å². The minimum Gasteiger partial charge on any atom is -0.323 e. The quantitative estimate of drug-likeness (QED) is 0.777. The van der Waals surface area contributed by atoms with E-state index in [2.05, 4.69) is 21.5 Å². The minimum atomic E-state index is -0.0551. The number of hydrogen-bond donors (Lipinski definition) is 0. The number of fused-ring (bicyclic) bond motifs is 1. The Hall–Kier alpha value is -1.09. The molecule has 0 spiro atoms. The van der Waals surface area contributed by atoms with Crippen molar-refractivity contribution in [2.24, 2.45) is 5.92 Å². The van der Waals surface area contributed by atoms with E-state index >= 15 is 0 Å². The molecule has 1 aliphatic rings. The first-order valence-electron chi connectivity index (χ1n) is 6.18. The Morgan fingerprint density at radius 1 is 1.59 bits per heavy atom. The highest BCUT2D eigenvalue weighted by Crippen LogP contribution is 2.48. The summed E-state index contributed by atoms with van der Waals surface area (Å²) in [7, 11) is 0. The summed E-state index contributed by atoms with van der Waals surface area (Å²) in [5.41, 5.74) is 2.13. The summed E-state index contributed by atoms with van der Waals surface area (Å²) in [5.74, 6) is 1.77. The second-order valence-corrected chi connectivity index (χ2v) is 5.45. The van der Waals surface area contributed by atoms with E-state index in [1.807, 2.05) is 25.4 Å². The van der Waals surface area contributed by atoms with Crippen molar-refractivity contribution in [3.8, 4) is 0 Å². The molecule has 3 nitrogen and oxygen atoms in total. The van der Waals surface area contributed by atoms with Crippen molar-refractivity contribution in [1.82, 2.24) is 14.5 Å². The average molecular weight is 250 g/mol. The zero-order valence-electron chi connectivity index (χ0n) is 10.1. The van der Waals surface area contributed by atoms with E-state index in [1.54, 1.807) is 0 Å². The summed E-state index contributed by atoms with van der Waals surface area (Å²) in [5, 5.41) is -0.0551. The van der Waals surface area contributed by atoms with E-state index in [0.29, 0.717) is 6.04 Å². The monoisotopic (exact) mass is 249 g/mol. The topological polar surface area (TPSA) is 30.7 Å². The predicted molar refractivity (Wildman–Crippen MR) is 69.2 cm³/mol. The van der Waals surface area contributed by atoms with Crippen LogP contribution in [0.4, 0.5) is 0 Å². The fourth-order valence-corrected chi connectivity index (χ4v) is 2.74. The van der Waals surface area contributed by atoms with Crippen LogP contribution in [0, 0.1) is 5.92 Å². The van der Waals surface area contributed by atoms with E-state index in [9.17, 15) is 0 Å². The Kier molecular flexibility index (Phi) is 2.58. The van der Waals surface area contributed by atoms with Crippen LogP contribution in [0.25, 0.3) is 11.0 Å². The summed E-state index contributed by atoms with van der Waals surface area (Å²) in [4.78, 5) is 8.74. The third-order valence-electron chi connectivity index (χ3n) is 3.62. The van der Waals surface area contributed by atoms with Crippen molar-refractivity contribution in [2.45, 2.75) is 38.1 Å². The molecule has 0 bridgehead atoms. The molecule has 2 aromatic rings. The maximum Gasteiger partial charge on any atom is 0.128 e. The van der Waals surface area contributed by atoms with Gasteiger partial charge >= 0.3 is 0 Å². The molecule has 1 fully saturated rings. The molecule has 1 saturated carbocycles. The second kappa shape index (κ2) is 3.98. The Balaban J connectivity index is 2.16. The molecule has 3 atom stereocenters. The van der Waals surface area contributed by atoms with E-state index in [0.717, 1.165) is 17.3 Å². The van der Waals surface area contributed by atoms with Crippen LogP contribution in [0.15, 0.2) is 18.5 Å². The van der Waals surface area contributed by atoms with Gasteiger partial charge in [-0.25, -0.2) is 4.98 Å². The highest BCUT2D eigenvalue weighted by Gasteiger charge is 2.39. The van der Waals surface area contributed by atoms with E-state index < -0.39 is 0 Å². The van der Waals surface area contributed by atoms with E-state index in [-0.39, 0.29) is 5.38 Å². The van der Waals surface area contributed by atoms with Crippen LogP contribution in [-0.4, -0.2) is 14.5 Å². The van der Waals surface area contributed by atoms with Crippen LogP contribution in [0.1, 0.15) is 43.9 Å².